The molecular formula is C14H18N4O2. The first-order valence-corrected chi connectivity index (χ1v) is 6.96. The molecule has 1 atom stereocenters. The number of non-ortho nitro benzene ring substituents is 1. The van der Waals surface area contributed by atoms with Crippen LogP contribution in [0.2, 0.25) is 0 Å². The topological polar surface area (TPSA) is 64.2 Å². The third-order valence-electron chi connectivity index (χ3n) is 3.91. The smallest absolute Gasteiger partial charge is 0.270 e. The normalized spacial score (nSPS) is 20.4. The summed E-state index contributed by atoms with van der Waals surface area (Å²) in [6.07, 6.45) is 4.23. The van der Waals surface area contributed by atoms with Crippen molar-refractivity contribution in [1.82, 2.24) is 14.7 Å². The lowest BCUT2D eigenvalue weighted by atomic mass is 10.0. The van der Waals surface area contributed by atoms with Gasteiger partial charge in [-0.2, -0.15) is 5.10 Å². The number of rotatable bonds is 3. The van der Waals surface area contributed by atoms with Crippen molar-refractivity contribution in [3.63, 3.8) is 0 Å². The Balaban J connectivity index is 1.83. The molecule has 0 aliphatic carbocycles. The molecule has 2 aromatic rings. The minimum absolute atomic E-state index is 0.114. The maximum atomic E-state index is 10.8. The van der Waals surface area contributed by atoms with Crippen LogP contribution in [0.15, 0.2) is 24.4 Å². The average molecular weight is 274 g/mol. The van der Waals surface area contributed by atoms with Crippen molar-refractivity contribution in [2.45, 2.75) is 26.4 Å². The second kappa shape index (κ2) is 5.20. The van der Waals surface area contributed by atoms with Crippen molar-refractivity contribution >= 4 is 16.6 Å². The molecule has 0 spiro atoms. The summed E-state index contributed by atoms with van der Waals surface area (Å²) < 4.78 is 1.93. The molecule has 1 saturated heterocycles. The van der Waals surface area contributed by atoms with Crippen LogP contribution in [0.5, 0.6) is 0 Å². The van der Waals surface area contributed by atoms with E-state index >= 15 is 0 Å². The Hall–Kier alpha value is -1.95. The first kappa shape index (κ1) is 13.1. The second-order valence-electron chi connectivity index (χ2n) is 5.61. The molecule has 1 aromatic heterocycles. The lowest BCUT2D eigenvalue weighted by molar-refractivity contribution is -0.384. The van der Waals surface area contributed by atoms with Crippen molar-refractivity contribution < 1.29 is 4.92 Å². The van der Waals surface area contributed by atoms with E-state index in [1.165, 1.54) is 12.8 Å². The molecule has 6 heteroatoms. The number of piperidine rings is 1. The maximum Gasteiger partial charge on any atom is 0.270 e. The van der Waals surface area contributed by atoms with Crippen molar-refractivity contribution in [2.75, 3.05) is 13.1 Å². The van der Waals surface area contributed by atoms with Crippen LogP contribution in [0.4, 0.5) is 5.69 Å². The summed E-state index contributed by atoms with van der Waals surface area (Å²) in [5, 5.41) is 16.0. The Morgan fingerprint density at radius 3 is 3.10 bits per heavy atom. The largest absolute Gasteiger partial charge is 0.284 e. The minimum Gasteiger partial charge on any atom is -0.284 e. The number of benzene rings is 1. The van der Waals surface area contributed by atoms with Crippen LogP contribution in [0.1, 0.15) is 19.8 Å². The van der Waals surface area contributed by atoms with Gasteiger partial charge in [-0.25, -0.2) is 0 Å². The summed E-state index contributed by atoms with van der Waals surface area (Å²) in [6, 6.07) is 4.91. The van der Waals surface area contributed by atoms with E-state index in [2.05, 4.69) is 16.9 Å². The van der Waals surface area contributed by atoms with E-state index in [4.69, 9.17) is 0 Å². The molecule has 1 fully saturated rings. The first-order valence-electron chi connectivity index (χ1n) is 6.96. The summed E-state index contributed by atoms with van der Waals surface area (Å²) in [7, 11) is 0. The highest BCUT2D eigenvalue weighted by atomic mass is 16.6. The molecule has 106 valence electrons. The standard InChI is InChI=1S/C14H18N4O2/c1-11-3-2-6-16(9-11)10-17-14-5-4-13(18(19)20)7-12(14)8-15-17/h4-5,7-8,11H,2-3,6,9-10H2,1H3/t11-/m1/s1. The van der Waals surface area contributed by atoms with E-state index in [0.29, 0.717) is 0 Å². The van der Waals surface area contributed by atoms with Crippen molar-refractivity contribution in [2.24, 2.45) is 5.92 Å². The molecule has 3 rings (SSSR count). The number of hydrogen-bond acceptors (Lipinski definition) is 4. The highest BCUT2D eigenvalue weighted by molar-refractivity contribution is 5.81. The Kier molecular flexibility index (Phi) is 3.40. The van der Waals surface area contributed by atoms with Crippen LogP contribution in [-0.4, -0.2) is 32.7 Å². The molecule has 2 heterocycles. The van der Waals surface area contributed by atoms with Crippen LogP contribution in [0, 0.1) is 16.0 Å². The predicted octanol–water partition coefficient (Wildman–Crippen LogP) is 2.63. The minimum atomic E-state index is -0.372. The lowest BCUT2D eigenvalue weighted by Gasteiger charge is -2.30. The fourth-order valence-electron chi connectivity index (χ4n) is 2.91. The number of fused-ring (bicyclic) bond motifs is 1. The van der Waals surface area contributed by atoms with Gasteiger partial charge in [-0.1, -0.05) is 6.92 Å². The average Bonchev–Trinajstić information content (AvgIpc) is 2.81. The van der Waals surface area contributed by atoms with Gasteiger partial charge in [0.25, 0.3) is 5.69 Å². The van der Waals surface area contributed by atoms with E-state index in [9.17, 15) is 10.1 Å². The SMILES string of the molecule is C[C@@H]1CCCN(Cn2ncc3cc([N+](=O)[O-])ccc32)C1. The molecule has 1 aromatic carbocycles. The molecule has 0 bridgehead atoms. The molecular weight excluding hydrogens is 256 g/mol. The Morgan fingerprint density at radius 2 is 2.35 bits per heavy atom. The Bertz CT molecular complexity index is 637. The van der Waals surface area contributed by atoms with Gasteiger partial charge in [0.1, 0.15) is 0 Å². The fraction of sp³-hybridized carbons (Fsp3) is 0.500. The molecule has 6 nitrogen and oxygen atoms in total. The van der Waals surface area contributed by atoms with Gasteiger partial charge in [0.05, 0.1) is 23.3 Å². The second-order valence-corrected chi connectivity index (χ2v) is 5.61. The summed E-state index contributed by atoms with van der Waals surface area (Å²) >= 11 is 0. The van der Waals surface area contributed by atoms with Gasteiger partial charge in [-0.3, -0.25) is 19.7 Å². The van der Waals surface area contributed by atoms with Gasteiger partial charge in [-0.15, -0.1) is 0 Å². The molecule has 0 amide bonds. The van der Waals surface area contributed by atoms with Gasteiger partial charge in [0, 0.05) is 24.1 Å². The number of nitro benzene ring substituents is 1. The first-order chi connectivity index (χ1) is 9.63. The van der Waals surface area contributed by atoms with Gasteiger partial charge in [-0.05, 0) is 31.4 Å². The summed E-state index contributed by atoms with van der Waals surface area (Å²) in [5.74, 6) is 0.728. The van der Waals surface area contributed by atoms with Crippen LogP contribution >= 0.6 is 0 Å². The van der Waals surface area contributed by atoms with E-state index in [1.807, 2.05) is 4.68 Å². The third kappa shape index (κ3) is 2.51. The molecule has 1 aliphatic heterocycles. The number of aromatic nitrogens is 2. The molecule has 1 aliphatic rings. The highest BCUT2D eigenvalue weighted by Gasteiger charge is 2.17. The van der Waals surface area contributed by atoms with Crippen LogP contribution in [-0.2, 0) is 6.67 Å². The number of nitro groups is 1. The Labute approximate surface area is 117 Å². The van der Waals surface area contributed by atoms with Gasteiger partial charge in [0.15, 0.2) is 0 Å². The third-order valence-corrected chi connectivity index (χ3v) is 3.91. The van der Waals surface area contributed by atoms with Crippen LogP contribution in [0.25, 0.3) is 10.9 Å². The predicted molar refractivity (Wildman–Crippen MR) is 76.4 cm³/mol. The zero-order valence-electron chi connectivity index (χ0n) is 11.5. The van der Waals surface area contributed by atoms with E-state index in [-0.39, 0.29) is 10.6 Å². The van der Waals surface area contributed by atoms with Crippen molar-refractivity contribution in [3.05, 3.63) is 34.5 Å². The van der Waals surface area contributed by atoms with Crippen LogP contribution < -0.4 is 0 Å². The van der Waals surface area contributed by atoms with Gasteiger partial charge in [0.2, 0.25) is 0 Å². The number of nitrogens with zero attached hydrogens (tertiary/aromatic N) is 4. The van der Waals surface area contributed by atoms with Crippen LogP contribution in [0.3, 0.4) is 0 Å². The lowest BCUT2D eigenvalue weighted by Crippen LogP contribution is -2.35. The zero-order valence-corrected chi connectivity index (χ0v) is 11.5. The summed E-state index contributed by atoms with van der Waals surface area (Å²) in [6.45, 7) is 5.22. The van der Waals surface area contributed by atoms with Gasteiger partial charge >= 0.3 is 0 Å². The highest BCUT2D eigenvalue weighted by Crippen LogP contribution is 2.22. The van der Waals surface area contributed by atoms with Crippen molar-refractivity contribution in [3.8, 4) is 0 Å². The maximum absolute atomic E-state index is 10.8. The summed E-state index contributed by atoms with van der Waals surface area (Å²) in [5.41, 5.74) is 1.07. The van der Waals surface area contributed by atoms with Gasteiger partial charge < -0.3 is 0 Å². The monoisotopic (exact) mass is 274 g/mol. The van der Waals surface area contributed by atoms with E-state index in [0.717, 1.165) is 36.6 Å². The zero-order chi connectivity index (χ0) is 14.1. The molecule has 0 unspecified atom stereocenters. The van der Waals surface area contributed by atoms with E-state index < -0.39 is 0 Å². The summed E-state index contributed by atoms with van der Waals surface area (Å²) in [4.78, 5) is 12.8. The molecule has 0 N–H and O–H groups in total. The van der Waals surface area contributed by atoms with E-state index in [1.54, 1.807) is 24.4 Å². The number of likely N-dealkylation sites (tertiary alicyclic amines) is 1. The molecule has 0 saturated carbocycles. The Morgan fingerprint density at radius 1 is 1.50 bits per heavy atom. The quantitative estimate of drug-likeness (QED) is 0.637. The number of hydrogen-bond donors (Lipinski definition) is 0. The van der Waals surface area contributed by atoms with Crippen molar-refractivity contribution in [1.29, 1.82) is 0 Å². The molecule has 0 radical (unpaired) electrons. The molecule has 20 heavy (non-hydrogen) atoms. The fourth-order valence-corrected chi connectivity index (χ4v) is 2.91.